The van der Waals surface area contributed by atoms with Gasteiger partial charge in [-0.25, -0.2) is 4.79 Å². The van der Waals surface area contributed by atoms with Gasteiger partial charge in [-0.05, 0) is 0 Å². The molecule has 1 heterocycles. The van der Waals surface area contributed by atoms with Gasteiger partial charge in [0.1, 0.15) is 5.82 Å². The quantitative estimate of drug-likeness (QED) is 0.525. The third kappa shape index (κ3) is 2.62. The highest BCUT2D eigenvalue weighted by molar-refractivity contribution is 5.85. The van der Waals surface area contributed by atoms with Crippen LogP contribution in [0.3, 0.4) is 0 Å². The molecule has 94 valence electrons. The molecule has 0 radical (unpaired) electrons. The summed E-state index contributed by atoms with van der Waals surface area (Å²) in [5, 5.41) is 0. The minimum Gasteiger partial charge on any atom is -0.384 e. The minimum atomic E-state index is -0.457. The number of aromatic nitrogens is 2. The maximum Gasteiger partial charge on any atom is 0.332 e. The fourth-order valence-electron chi connectivity index (χ4n) is 1.31. The highest BCUT2D eigenvalue weighted by Crippen LogP contribution is 1.98. The lowest BCUT2D eigenvalue weighted by atomic mass is 10.3. The molecular formula is C10H16N4O3. The molecule has 0 aliphatic heterocycles. The summed E-state index contributed by atoms with van der Waals surface area (Å²) in [4.78, 5) is 27.3. The van der Waals surface area contributed by atoms with Crippen molar-refractivity contribution >= 4 is 12.0 Å². The third-order valence-electron chi connectivity index (χ3n) is 2.39. The number of aliphatic imine (C=N–C) groups is 1. The molecule has 0 aromatic carbocycles. The summed E-state index contributed by atoms with van der Waals surface area (Å²) in [6.45, 7) is 0.893. The molecule has 2 N–H and O–H groups in total. The smallest absolute Gasteiger partial charge is 0.332 e. The van der Waals surface area contributed by atoms with E-state index in [1.165, 1.54) is 24.9 Å². The van der Waals surface area contributed by atoms with Gasteiger partial charge >= 0.3 is 5.69 Å². The lowest BCUT2D eigenvalue weighted by molar-refractivity contribution is 0.208. The van der Waals surface area contributed by atoms with Crippen LogP contribution in [0.1, 0.15) is 5.56 Å². The Morgan fingerprint density at radius 2 is 2.00 bits per heavy atom. The Balaban J connectivity index is 3.21. The lowest BCUT2D eigenvalue weighted by Crippen LogP contribution is -2.40. The van der Waals surface area contributed by atoms with Gasteiger partial charge in [0.15, 0.2) is 0 Å². The third-order valence-corrected chi connectivity index (χ3v) is 2.39. The standard InChI is InChI=1S/C10H16N4O3/c1-13-8(11)7(6-12-4-5-17-3)9(15)14(2)10(13)16/h6H,4-5,11H2,1-3H3. The maximum absolute atomic E-state index is 11.8. The van der Waals surface area contributed by atoms with Crippen molar-refractivity contribution in [3.05, 3.63) is 26.4 Å². The van der Waals surface area contributed by atoms with Gasteiger partial charge in [-0.1, -0.05) is 0 Å². The number of nitrogens with two attached hydrogens (primary N) is 1. The fraction of sp³-hybridized carbons (Fsp3) is 0.500. The number of methoxy groups -OCH3 is 1. The second kappa shape index (κ2) is 5.44. The van der Waals surface area contributed by atoms with Crippen LogP contribution >= 0.6 is 0 Å². The number of ether oxygens (including phenoxy) is 1. The molecule has 17 heavy (non-hydrogen) atoms. The molecule has 7 nitrogen and oxygen atoms in total. The van der Waals surface area contributed by atoms with Gasteiger partial charge in [0.2, 0.25) is 0 Å². The van der Waals surface area contributed by atoms with E-state index in [1.807, 2.05) is 0 Å². The van der Waals surface area contributed by atoms with E-state index in [9.17, 15) is 9.59 Å². The van der Waals surface area contributed by atoms with Gasteiger partial charge in [-0.2, -0.15) is 0 Å². The van der Waals surface area contributed by atoms with Gasteiger partial charge in [-0.3, -0.25) is 18.9 Å². The summed E-state index contributed by atoms with van der Waals surface area (Å²) in [5.74, 6) is 0.110. The summed E-state index contributed by atoms with van der Waals surface area (Å²) in [7, 11) is 4.47. The second-order valence-electron chi connectivity index (χ2n) is 3.53. The Morgan fingerprint density at radius 3 is 2.59 bits per heavy atom. The van der Waals surface area contributed by atoms with Crippen molar-refractivity contribution in [3.63, 3.8) is 0 Å². The molecule has 0 bridgehead atoms. The minimum absolute atomic E-state index is 0.110. The predicted octanol–water partition coefficient (Wildman–Crippen LogP) is -1.27. The molecule has 1 aromatic rings. The molecule has 0 fully saturated rings. The molecule has 0 spiro atoms. The first-order chi connectivity index (χ1) is 8.00. The molecular weight excluding hydrogens is 224 g/mol. The van der Waals surface area contributed by atoms with Gasteiger partial charge in [-0.15, -0.1) is 0 Å². The first-order valence-electron chi connectivity index (χ1n) is 5.05. The van der Waals surface area contributed by atoms with Gasteiger partial charge in [0.25, 0.3) is 5.56 Å². The molecule has 1 rings (SSSR count). The average molecular weight is 240 g/mol. The molecule has 7 heteroatoms. The van der Waals surface area contributed by atoms with Crippen molar-refractivity contribution in [2.75, 3.05) is 26.0 Å². The predicted molar refractivity (Wildman–Crippen MR) is 65.7 cm³/mol. The van der Waals surface area contributed by atoms with Crippen LogP contribution in [0.4, 0.5) is 5.82 Å². The van der Waals surface area contributed by atoms with Crippen LogP contribution in [0, 0.1) is 0 Å². The van der Waals surface area contributed by atoms with Crippen LogP contribution < -0.4 is 17.0 Å². The van der Waals surface area contributed by atoms with Crippen LogP contribution in [0.25, 0.3) is 0 Å². The first-order valence-corrected chi connectivity index (χ1v) is 5.05. The number of rotatable bonds is 4. The van der Waals surface area contributed by atoms with E-state index in [4.69, 9.17) is 10.5 Å². The number of nitrogens with zero attached hydrogens (tertiary/aromatic N) is 3. The molecule has 0 unspecified atom stereocenters. The SMILES string of the molecule is COCCN=Cc1c(N)n(C)c(=O)n(C)c1=O. The van der Waals surface area contributed by atoms with E-state index in [0.717, 1.165) is 4.57 Å². The first kappa shape index (κ1) is 13.2. The number of hydrogen-bond acceptors (Lipinski definition) is 5. The largest absolute Gasteiger partial charge is 0.384 e. The highest BCUT2D eigenvalue weighted by Gasteiger charge is 2.10. The van der Waals surface area contributed by atoms with Crippen molar-refractivity contribution in [3.8, 4) is 0 Å². The van der Waals surface area contributed by atoms with Crippen molar-refractivity contribution in [2.24, 2.45) is 19.1 Å². The monoisotopic (exact) mass is 240 g/mol. The summed E-state index contributed by atoms with van der Waals surface area (Å²) in [6.07, 6.45) is 1.37. The summed E-state index contributed by atoms with van der Waals surface area (Å²) in [6, 6.07) is 0. The lowest BCUT2D eigenvalue weighted by Gasteiger charge is -2.08. The molecule has 0 atom stereocenters. The van der Waals surface area contributed by atoms with Crippen molar-refractivity contribution in [2.45, 2.75) is 0 Å². The molecule has 0 amide bonds. The maximum atomic E-state index is 11.8. The van der Waals surface area contributed by atoms with Crippen molar-refractivity contribution < 1.29 is 4.74 Å². The topological polar surface area (TPSA) is 91.6 Å². The fourth-order valence-corrected chi connectivity index (χ4v) is 1.31. The Labute approximate surface area is 98.2 Å². The molecule has 0 saturated heterocycles. The molecule has 0 aliphatic rings. The average Bonchev–Trinajstić information content (AvgIpc) is 2.33. The van der Waals surface area contributed by atoms with E-state index in [0.29, 0.717) is 13.2 Å². The van der Waals surface area contributed by atoms with E-state index in [-0.39, 0.29) is 11.4 Å². The highest BCUT2D eigenvalue weighted by atomic mass is 16.5. The van der Waals surface area contributed by atoms with Gasteiger partial charge in [0.05, 0.1) is 18.7 Å². The summed E-state index contributed by atoms with van der Waals surface area (Å²) in [5.41, 5.74) is 5.00. The Kier molecular flexibility index (Phi) is 4.22. The van der Waals surface area contributed by atoms with Crippen LogP contribution in [-0.4, -0.2) is 35.6 Å². The van der Waals surface area contributed by atoms with Crippen LogP contribution in [0.5, 0.6) is 0 Å². The van der Waals surface area contributed by atoms with Crippen molar-refractivity contribution in [1.29, 1.82) is 0 Å². The molecule has 1 aromatic heterocycles. The van der Waals surface area contributed by atoms with E-state index < -0.39 is 11.2 Å². The van der Waals surface area contributed by atoms with Gasteiger partial charge < -0.3 is 10.5 Å². The normalized spacial score (nSPS) is 11.2. The Morgan fingerprint density at radius 1 is 1.35 bits per heavy atom. The zero-order valence-corrected chi connectivity index (χ0v) is 10.1. The van der Waals surface area contributed by atoms with Crippen molar-refractivity contribution in [1.82, 2.24) is 9.13 Å². The summed E-state index contributed by atoms with van der Waals surface area (Å²) >= 11 is 0. The zero-order valence-electron chi connectivity index (χ0n) is 10.1. The molecule has 0 aliphatic carbocycles. The number of hydrogen-bond donors (Lipinski definition) is 1. The molecule has 0 saturated carbocycles. The Bertz CT molecular complexity index is 542. The van der Waals surface area contributed by atoms with Crippen LogP contribution in [0.15, 0.2) is 14.6 Å². The van der Waals surface area contributed by atoms with Crippen LogP contribution in [-0.2, 0) is 18.8 Å². The zero-order chi connectivity index (χ0) is 13.0. The van der Waals surface area contributed by atoms with E-state index in [1.54, 1.807) is 7.11 Å². The summed E-state index contributed by atoms with van der Waals surface area (Å²) < 4.78 is 7.02. The second-order valence-corrected chi connectivity index (χ2v) is 3.53. The van der Waals surface area contributed by atoms with E-state index in [2.05, 4.69) is 4.99 Å². The van der Waals surface area contributed by atoms with Crippen LogP contribution in [0.2, 0.25) is 0 Å². The van der Waals surface area contributed by atoms with E-state index >= 15 is 0 Å². The number of nitrogen functional groups attached to an aromatic ring is 1. The number of anilines is 1. The van der Waals surface area contributed by atoms with Gasteiger partial charge in [0, 0.05) is 27.4 Å². The Hall–Kier alpha value is -1.89.